The third-order valence-corrected chi connectivity index (χ3v) is 5.31. The summed E-state index contributed by atoms with van der Waals surface area (Å²) in [5.74, 6) is 1.05. The number of hydrogen-bond donors (Lipinski definition) is 0. The molecule has 0 N–H and O–H groups in total. The molecule has 1 aliphatic heterocycles. The summed E-state index contributed by atoms with van der Waals surface area (Å²) in [4.78, 5) is 18.6. The van der Waals surface area contributed by atoms with Gasteiger partial charge in [-0.2, -0.15) is 4.98 Å². The molecular formula is C21H19ClFN3O4. The molecule has 7 nitrogen and oxygen atoms in total. The van der Waals surface area contributed by atoms with Gasteiger partial charge < -0.3 is 18.9 Å². The van der Waals surface area contributed by atoms with E-state index in [-0.39, 0.29) is 29.1 Å². The largest absolute Gasteiger partial charge is 0.493 e. The van der Waals surface area contributed by atoms with Gasteiger partial charge in [-0.15, -0.1) is 0 Å². The second-order valence-electron chi connectivity index (χ2n) is 6.95. The van der Waals surface area contributed by atoms with E-state index in [0.29, 0.717) is 36.0 Å². The zero-order chi connectivity index (χ0) is 21.3. The van der Waals surface area contributed by atoms with Gasteiger partial charge in [-0.05, 0) is 35.9 Å². The Kier molecular flexibility index (Phi) is 5.59. The summed E-state index contributed by atoms with van der Waals surface area (Å²) >= 11 is 5.71. The van der Waals surface area contributed by atoms with Crippen LogP contribution in [0.2, 0.25) is 5.02 Å². The van der Waals surface area contributed by atoms with Gasteiger partial charge in [0.2, 0.25) is 17.6 Å². The highest BCUT2D eigenvalue weighted by molar-refractivity contribution is 6.30. The summed E-state index contributed by atoms with van der Waals surface area (Å²) in [5.41, 5.74) is 1.38. The topological polar surface area (TPSA) is 77.7 Å². The van der Waals surface area contributed by atoms with Crippen LogP contribution in [0, 0.1) is 5.82 Å². The maximum absolute atomic E-state index is 13.7. The molecule has 4 rings (SSSR count). The van der Waals surface area contributed by atoms with Gasteiger partial charge in [0.1, 0.15) is 5.82 Å². The lowest BCUT2D eigenvalue weighted by molar-refractivity contribution is -0.128. The molecule has 0 saturated carbocycles. The Balaban J connectivity index is 1.47. The van der Waals surface area contributed by atoms with Crippen molar-refractivity contribution in [3.05, 3.63) is 58.7 Å². The van der Waals surface area contributed by atoms with E-state index in [1.165, 1.54) is 12.1 Å². The number of ether oxygens (including phenoxy) is 2. The van der Waals surface area contributed by atoms with Crippen LogP contribution in [0.15, 0.2) is 40.9 Å². The second-order valence-corrected chi connectivity index (χ2v) is 7.36. The van der Waals surface area contributed by atoms with Crippen molar-refractivity contribution in [3.63, 3.8) is 0 Å². The Morgan fingerprint density at radius 1 is 1.20 bits per heavy atom. The smallest absolute Gasteiger partial charge is 0.232 e. The van der Waals surface area contributed by atoms with E-state index in [0.717, 1.165) is 5.56 Å². The number of halogens is 2. The van der Waals surface area contributed by atoms with Crippen molar-refractivity contribution in [2.75, 3.05) is 20.8 Å². The normalized spacial score (nSPS) is 16.2. The van der Waals surface area contributed by atoms with E-state index >= 15 is 0 Å². The fourth-order valence-corrected chi connectivity index (χ4v) is 3.56. The van der Waals surface area contributed by atoms with Crippen LogP contribution in [0.25, 0.3) is 11.4 Å². The van der Waals surface area contributed by atoms with Crippen LogP contribution < -0.4 is 9.47 Å². The Bertz CT molecular complexity index is 1090. The molecule has 0 aliphatic carbocycles. The summed E-state index contributed by atoms with van der Waals surface area (Å²) in [6, 6.07) is 9.85. The molecule has 30 heavy (non-hydrogen) atoms. The lowest BCUT2D eigenvalue weighted by atomic mass is 10.1. The number of rotatable bonds is 6. The molecule has 9 heteroatoms. The van der Waals surface area contributed by atoms with E-state index in [9.17, 15) is 9.18 Å². The number of hydrogen-bond acceptors (Lipinski definition) is 6. The number of amides is 1. The molecular weight excluding hydrogens is 413 g/mol. The first kappa shape index (κ1) is 20.2. The van der Waals surface area contributed by atoms with E-state index in [1.54, 1.807) is 25.2 Å². The number of carbonyl (C=O) groups is 1. The maximum atomic E-state index is 13.7. The Morgan fingerprint density at radius 3 is 2.73 bits per heavy atom. The van der Waals surface area contributed by atoms with Gasteiger partial charge in [-0.1, -0.05) is 22.8 Å². The van der Waals surface area contributed by atoms with Crippen LogP contribution in [0.1, 0.15) is 23.8 Å². The van der Waals surface area contributed by atoms with Crippen LogP contribution in [0.4, 0.5) is 4.39 Å². The number of likely N-dealkylation sites (tertiary alicyclic amines) is 1. The van der Waals surface area contributed by atoms with Crippen molar-refractivity contribution >= 4 is 17.5 Å². The average molecular weight is 432 g/mol. The van der Waals surface area contributed by atoms with Gasteiger partial charge in [0.25, 0.3) is 0 Å². The minimum Gasteiger partial charge on any atom is -0.493 e. The van der Waals surface area contributed by atoms with Crippen molar-refractivity contribution in [2.45, 2.75) is 18.9 Å². The molecule has 2 heterocycles. The zero-order valence-corrected chi connectivity index (χ0v) is 17.1. The molecule has 1 aliphatic rings. The number of carbonyl (C=O) groups excluding carboxylic acids is 1. The highest BCUT2D eigenvalue weighted by Gasteiger charge is 2.34. The molecule has 0 spiro atoms. The summed E-state index contributed by atoms with van der Waals surface area (Å²) in [6.45, 7) is 0.878. The molecule has 1 aromatic heterocycles. The van der Waals surface area contributed by atoms with Crippen molar-refractivity contribution in [2.24, 2.45) is 0 Å². The number of benzene rings is 2. The van der Waals surface area contributed by atoms with Gasteiger partial charge in [0, 0.05) is 25.1 Å². The predicted molar refractivity (Wildman–Crippen MR) is 107 cm³/mol. The first-order chi connectivity index (χ1) is 14.5. The molecule has 0 radical (unpaired) electrons. The molecule has 0 bridgehead atoms. The summed E-state index contributed by atoms with van der Waals surface area (Å²) in [7, 11) is 3.14. The standard InChI is InChI=1S/C21H19ClFN3O4/c1-28-17-6-3-12(7-18(17)29-2)10-26-11-14(9-19(26)27)21-24-20(25-30-21)13-4-5-15(22)16(23)8-13/h3-8,14H,9-11H2,1-2H3. The Hall–Kier alpha value is -3.13. The molecule has 1 saturated heterocycles. The SMILES string of the molecule is COc1ccc(CN2CC(c3nc(-c4ccc(Cl)c(F)c4)no3)CC2=O)cc1OC. The zero-order valence-electron chi connectivity index (χ0n) is 16.4. The van der Waals surface area contributed by atoms with Crippen LogP contribution in [0.5, 0.6) is 11.5 Å². The first-order valence-electron chi connectivity index (χ1n) is 9.26. The highest BCUT2D eigenvalue weighted by Crippen LogP contribution is 2.32. The van der Waals surface area contributed by atoms with E-state index in [2.05, 4.69) is 10.1 Å². The maximum Gasteiger partial charge on any atom is 0.232 e. The molecule has 1 amide bonds. The van der Waals surface area contributed by atoms with Crippen LogP contribution in [-0.2, 0) is 11.3 Å². The van der Waals surface area contributed by atoms with Crippen LogP contribution in [-0.4, -0.2) is 41.7 Å². The molecule has 156 valence electrons. The molecule has 1 atom stereocenters. The monoisotopic (exact) mass is 431 g/mol. The summed E-state index contributed by atoms with van der Waals surface area (Å²) < 4.78 is 29.6. The lowest BCUT2D eigenvalue weighted by Gasteiger charge is -2.17. The Morgan fingerprint density at radius 2 is 2.00 bits per heavy atom. The number of nitrogens with zero attached hydrogens (tertiary/aromatic N) is 3. The average Bonchev–Trinajstić information content (AvgIpc) is 3.37. The minimum atomic E-state index is -0.558. The highest BCUT2D eigenvalue weighted by atomic mass is 35.5. The lowest BCUT2D eigenvalue weighted by Crippen LogP contribution is -2.24. The van der Waals surface area contributed by atoms with E-state index in [4.69, 9.17) is 25.6 Å². The molecule has 3 aromatic rings. The van der Waals surface area contributed by atoms with Gasteiger partial charge in [-0.3, -0.25) is 4.79 Å². The van der Waals surface area contributed by atoms with Crippen LogP contribution >= 0.6 is 11.6 Å². The quantitative estimate of drug-likeness (QED) is 0.585. The van der Waals surface area contributed by atoms with Crippen molar-refractivity contribution < 1.29 is 23.2 Å². The molecule has 1 fully saturated rings. The Labute approximate surface area is 177 Å². The predicted octanol–water partition coefficient (Wildman–Crippen LogP) is 4.06. The van der Waals surface area contributed by atoms with Gasteiger partial charge >= 0.3 is 0 Å². The molecule has 1 unspecified atom stereocenters. The van der Waals surface area contributed by atoms with Crippen molar-refractivity contribution in [1.29, 1.82) is 0 Å². The fourth-order valence-electron chi connectivity index (χ4n) is 3.44. The van der Waals surface area contributed by atoms with Gasteiger partial charge in [0.05, 0.1) is 25.2 Å². The summed E-state index contributed by atoms with van der Waals surface area (Å²) in [6.07, 6.45) is 0.268. The molecule has 2 aromatic carbocycles. The second kappa shape index (κ2) is 8.31. The third kappa shape index (κ3) is 3.95. The van der Waals surface area contributed by atoms with Crippen molar-refractivity contribution in [3.8, 4) is 22.9 Å². The minimum absolute atomic E-state index is 0.00734. The van der Waals surface area contributed by atoms with E-state index < -0.39 is 5.82 Å². The van der Waals surface area contributed by atoms with Gasteiger partial charge in [0.15, 0.2) is 11.5 Å². The fraction of sp³-hybridized carbons (Fsp3) is 0.286. The van der Waals surface area contributed by atoms with Crippen molar-refractivity contribution in [1.82, 2.24) is 15.0 Å². The van der Waals surface area contributed by atoms with Gasteiger partial charge in [-0.25, -0.2) is 4.39 Å². The number of aromatic nitrogens is 2. The third-order valence-electron chi connectivity index (χ3n) is 5.00. The van der Waals surface area contributed by atoms with Crippen LogP contribution in [0.3, 0.4) is 0 Å². The number of methoxy groups -OCH3 is 2. The first-order valence-corrected chi connectivity index (χ1v) is 9.64. The van der Waals surface area contributed by atoms with E-state index in [1.807, 2.05) is 18.2 Å². The summed E-state index contributed by atoms with van der Waals surface area (Å²) in [5, 5.41) is 3.94.